The number of hydrogen-bond acceptors (Lipinski definition) is 4. The fraction of sp³-hybridized carbons (Fsp3) is 0.600. The smallest absolute Gasteiger partial charge is 0.243 e. The molecule has 116 valence electrons. The summed E-state index contributed by atoms with van der Waals surface area (Å²) >= 11 is 0. The van der Waals surface area contributed by atoms with Gasteiger partial charge in [-0.1, -0.05) is 6.07 Å². The Morgan fingerprint density at radius 1 is 1.33 bits per heavy atom. The second kappa shape index (κ2) is 5.59. The molecule has 2 heterocycles. The van der Waals surface area contributed by atoms with Crippen LogP contribution < -0.4 is 5.32 Å². The zero-order valence-electron chi connectivity index (χ0n) is 12.5. The molecule has 2 unspecified atom stereocenters. The lowest BCUT2D eigenvalue weighted by atomic mass is 10.0. The molecular weight excluding hydrogens is 288 g/mol. The first-order valence-corrected chi connectivity index (χ1v) is 8.93. The molecular formula is C15H22N2O3S. The summed E-state index contributed by atoms with van der Waals surface area (Å²) in [5.41, 5.74) is 1.88. The summed E-state index contributed by atoms with van der Waals surface area (Å²) in [5.74, 6) is 0. The van der Waals surface area contributed by atoms with Crippen molar-refractivity contribution in [2.24, 2.45) is 0 Å². The first-order valence-electron chi connectivity index (χ1n) is 7.49. The van der Waals surface area contributed by atoms with Gasteiger partial charge in [0.1, 0.15) is 0 Å². The molecule has 3 rings (SSSR count). The molecule has 2 aliphatic heterocycles. The van der Waals surface area contributed by atoms with Gasteiger partial charge in [-0.25, -0.2) is 8.42 Å². The maximum atomic E-state index is 13.1. The highest BCUT2D eigenvalue weighted by molar-refractivity contribution is 7.89. The molecule has 0 spiro atoms. The van der Waals surface area contributed by atoms with Gasteiger partial charge in [0.15, 0.2) is 0 Å². The molecule has 0 radical (unpaired) electrons. The van der Waals surface area contributed by atoms with Crippen molar-refractivity contribution < 1.29 is 13.2 Å². The average Bonchev–Trinajstić information content (AvgIpc) is 2.49. The highest BCUT2D eigenvalue weighted by atomic mass is 32.2. The standard InChI is InChI=1S/C15H22N2O3S/c1-11-10-20-12(2)9-17(11)21(18,19)15-7-3-6-14-13(15)5-4-8-16-14/h3,6-7,11-12,16H,4-5,8-10H2,1-2H3. The van der Waals surface area contributed by atoms with Crippen LogP contribution in [0.15, 0.2) is 23.1 Å². The summed E-state index contributed by atoms with van der Waals surface area (Å²) in [7, 11) is -3.47. The lowest BCUT2D eigenvalue weighted by Gasteiger charge is -2.36. The molecule has 2 aliphatic rings. The summed E-state index contributed by atoms with van der Waals surface area (Å²) in [6, 6.07) is 5.38. The first-order chi connectivity index (χ1) is 10.00. The fourth-order valence-corrected chi connectivity index (χ4v) is 5.02. The molecule has 5 nitrogen and oxygen atoms in total. The summed E-state index contributed by atoms with van der Waals surface area (Å²) in [6.45, 7) is 5.59. The first kappa shape index (κ1) is 14.8. The SMILES string of the molecule is CC1CN(S(=O)(=O)c2cccc3c2CCCN3)C(C)CO1. The minimum absolute atomic E-state index is 0.0614. The van der Waals surface area contributed by atoms with Crippen molar-refractivity contribution in [2.45, 2.75) is 43.7 Å². The number of ether oxygens (including phenoxy) is 1. The molecule has 0 bridgehead atoms. The Hall–Kier alpha value is -1.11. The molecule has 6 heteroatoms. The van der Waals surface area contributed by atoms with Gasteiger partial charge in [-0.2, -0.15) is 4.31 Å². The van der Waals surface area contributed by atoms with Gasteiger partial charge in [-0.05, 0) is 44.4 Å². The van der Waals surface area contributed by atoms with Crippen molar-refractivity contribution in [3.63, 3.8) is 0 Å². The number of morpholine rings is 1. The third-order valence-corrected chi connectivity index (χ3v) is 6.25. The molecule has 1 saturated heterocycles. The Morgan fingerprint density at radius 3 is 2.95 bits per heavy atom. The van der Waals surface area contributed by atoms with E-state index in [0.29, 0.717) is 18.0 Å². The van der Waals surface area contributed by atoms with Crippen LogP contribution in [0.25, 0.3) is 0 Å². The van der Waals surface area contributed by atoms with Crippen LogP contribution in [0.3, 0.4) is 0 Å². The van der Waals surface area contributed by atoms with Crippen LogP contribution in [-0.4, -0.2) is 44.6 Å². The predicted octanol–water partition coefficient (Wildman–Crippen LogP) is 1.84. The third-order valence-electron chi connectivity index (χ3n) is 4.19. The van der Waals surface area contributed by atoms with Crippen LogP contribution in [-0.2, 0) is 21.2 Å². The van der Waals surface area contributed by atoms with Crippen molar-refractivity contribution in [3.8, 4) is 0 Å². The van der Waals surface area contributed by atoms with E-state index in [1.54, 1.807) is 10.4 Å². The number of nitrogens with zero attached hydrogens (tertiary/aromatic N) is 1. The quantitative estimate of drug-likeness (QED) is 0.905. The maximum Gasteiger partial charge on any atom is 0.243 e. The minimum Gasteiger partial charge on any atom is -0.385 e. The second-order valence-electron chi connectivity index (χ2n) is 5.88. The third kappa shape index (κ3) is 2.67. The lowest BCUT2D eigenvalue weighted by molar-refractivity contribution is -0.0170. The van der Waals surface area contributed by atoms with Crippen LogP contribution in [0, 0.1) is 0 Å². The molecule has 0 saturated carbocycles. The summed E-state index contributed by atoms with van der Waals surface area (Å²) in [5, 5.41) is 3.29. The molecule has 0 aliphatic carbocycles. The number of anilines is 1. The molecule has 0 amide bonds. The van der Waals surface area contributed by atoms with E-state index in [1.807, 2.05) is 26.0 Å². The van der Waals surface area contributed by atoms with Gasteiger partial charge in [0.25, 0.3) is 0 Å². The van der Waals surface area contributed by atoms with Crippen LogP contribution in [0.1, 0.15) is 25.8 Å². The average molecular weight is 310 g/mol. The Labute approximate surface area is 126 Å². The fourth-order valence-electron chi connectivity index (χ4n) is 3.05. The number of hydrogen-bond donors (Lipinski definition) is 1. The summed E-state index contributed by atoms with van der Waals surface area (Å²) in [4.78, 5) is 0.452. The number of sulfonamides is 1. The van der Waals surface area contributed by atoms with E-state index < -0.39 is 10.0 Å². The van der Waals surface area contributed by atoms with Gasteiger partial charge in [0, 0.05) is 24.8 Å². The second-order valence-corrected chi connectivity index (χ2v) is 7.74. The molecule has 1 fully saturated rings. The van der Waals surface area contributed by atoms with Crippen molar-refractivity contribution in [1.29, 1.82) is 0 Å². The van der Waals surface area contributed by atoms with Gasteiger partial charge in [-0.3, -0.25) is 0 Å². The zero-order chi connectivity index (χ0) is 15.0. The van der Waals surface area contributed by atoms with Gasteiger partial charge < -0.3 is 10.1 Å². The van der Waals surface area contributed by atoms with E-state index in [1.165, 1.54) is 0 Å². The van der Waals surface area contributed by atoms with Gasteiger partial charge in [0.05, 0.1) is 17.6 Å². The Bertz CT molecular complexity index is 630. The molecule has 1 aromatic carbocycles. The number of benzene rings is 1. The molecule has 2 atom stereocenters. The van der Waals surface area contributed by atoms with E-state index in [4.69, 9.17) is 4.74 Å². The summed E-state index contributed by atoms with van der Waals surface area (Å²) in [6.07, 6.45) is 1.72. The zero-order valence-corrected chi connectivity index (χ0v) is 13.3. The Morgan fingerprint density at radius 2 is 2.14 bits per heavy atom. The molecule has 21 heavy (non-hydrogen) atoms. The van der Waals surface area contributed by atoms with E-state index in [-0.39, 0.29) is 12.1 Å². The van der Waals surface area contributed by atoms with Crippen LogP contribution in [0.2, 0.25) is 0 Å². The van der Waals surface area contributed by atoms with Crippen molar-refractivity contribution in [1.82, 2.24) is 4.31 Å². The topological polar surface area (TPSA) is 58.6 Å². The monoisotopic (exact) mass is 310 g/mol. The highest BCUT2D eigenvalue weighted by Gasteiger charge is 2.35. The van der Waals surface area contributed by atoms with Crippen LogP contribution in [0.4, 0.5) is 5.69 Å². The van der Waals surface area contributed by atoms with Crippen LogP contribution in [0.5, 0.6) is 0 Å². The minimum atomic E-state index is -3.47. The maximum absolute atomic E-state index is 13.1. The Kier molecular flexibility index (Phi) is 3.94. The van der Waals surface area contributed by atoms with E-state index >= 15 is 0 Å². The Balaban J connectivity index is 2.02. The van der Waals surface area contributed by atoms with Crippen molar-refractivity contribution in [3.05, 3.63) is 23.8 Å². The molecule has 0 aromatic heterocycles. The van der Waals surface area contributed by atoms with Crippen LogP contribution >= 0.6 is 0 Å². The van der Waals surface area contributed by atoms with E-state index in [2.05, 4.69) is 5.32 Å². The van der Waals surface area contributed by atoms with Gasteiger partial charge in [0.2, 0.25) is 10.0 Å². The predicted molar refractivity (Wildman–Crippen MR) is 82.0 cm³/mol. The van der Waals surface area contributed by atoms with E-state index in [9.17, 15) is 8.42 Å². The van der Waals surface area contributed by atoms with Crippen molar-refractivity contribution in [2.75, 3.05) is 25.0 Å². The van der Waals surface area contributed by atoms with Gasteiger partial charge in [-0.15, -0.1) is 0 Å². The lowest BCUT2D eigenvalue weighted by Crippen LogP contribution is -2.50. The highest BCUT2D eigenvalue weighted by Crippen LogP contribution is 2.31. The number of fused-ring (bicyclic) bond motifs is 1. The molecule has 1 N–H and O–H groups in total. The molecule has 1 aromatic rings. The van der Waals surface area contributed by atoms with Crippen molar-refractivity contribution >= 4 is 15.7 Å². The van der Waals surface area contributed by atoms with E-state index in [0.717, 1.165) is 30.6 Å². The normalized spacial score (nSPS) is 27.0. The summed E-state index contributed by atoms with van der Waals surface area (Å²) < 4.78 is 33.2. The number of rotatable bonds is 2. The largest absolute Gasteiger partial charge is 0.385 e. The number of nitrogens with one attached hydrogen (secondary N) is 1. The van der Waals surface area contributed by atoms with Gasteiger partial charge >= 0.3 is 0 Å².